The zero-order valence-electron chi connectivity index (χ0n) is 11.9. The van der Waals surface area contributed by atoms with Crippen molar-refractivity contribution >= 4 is 40.4 Å². The maximum absolute atomic E-state index is 12.7. The minimum Gasteiger partial charge on any atom is -0.331 e. The average molecular weight is 352 g/mol. The third kappa shape index (κ3) is 2.45. The standard InChI is InChI=1S/C17H15Cl2NOS/c18-11-3-4-12(14(19)9-11)16-13-6-8-22-15(13)5-7-20(16)17(21)10-1-2-10/h3-4,6,8-10,16H,1-2,5,7H2/t16-/m1/s1. The lowest BCUT2D eigenvalue weighted by Gasteiger charge is -2.37. The van der Waals surface area contributed by atoms with Gasteiger partial charge in [0.1, 0.15) is 0 Å². The molecular weight excluding hydrogens is 337 g/mol. The molecule has 1 fully saturated rings. The van der Waals surface area contributed by atoms with E-state index < -0.39 is 0 Å². The topological polar surface area (TPSA) is 20.3 Å². The summed E-state index contributed by atoms with van der Waals surface area (Å²) in [5.41, 5.74) is 2.19. The smallest absolute Gasteiger partial charge is 0.226 e. The second kappa shape index (κ2) is 5.55. The van der Waals surface area contributed by atoms with Crippen molar-refractivity contribution in [3.05, 3.63) is 55.7 Å². The molecular formula is C17H15Cl2NOS. The van der Waals surface area contributed by atoms with Crippen LogP contribution in [0, 0.1) is 5.92 Å². The van der Waals surface area contributed by atoms with Gasteiger partial charge in [0.2, 0.25) is 5.91 Å². The van der Waals surface area contributed by atoms with E-state index in [0.29, 0.717) is 10.0 Å². The van der Waals surface area contributed by atoms with Crippen molar-refractivity contribution in [3.8, 4) is 0 Å². The molecule has 2 heterocycles. The Balaban J connectivity index is 1.81. The third-order valence-corrected chi connectivity index (χ3v) is 5.99. The summed E-state index contributed by atoms with van der Waals surface area (Å²) < 4.78 is 0. The molecule has 22 heavy (non-hydrogen) atoms. The van der Waals surface area contributed by atoms with Crippen molar-refractivity contribution in [2.45, 2.75) is 25.3 Å². The van der Waals surface area contributed by atoms with Crippen molar-refractivity contribution in [2.24, 2.45) is 5.92 Å². The van der Waals surface area contributed by atoms with Crippen molar-refractivity contribution in [2.75, 3.05) is 6.54 Å². The van der Waals surface area contributed by atoms with Gasteiger partial charge in [-0.1, -0.05) is 29.3 Å². The van der Waals surface area contributed by atoms with Crippen molar-refractivity contribution in [1.82, 2.24) is 4.90 Å². The Labute approximate surface area is 143 Å². The number of fused-ring (bicyclic) bond motifs is 1. The predicted molar refractivity (Wildman–Crippen MR) is 90.8 cm³/mol. The number of hydrogen-bond donors (Lipinski definition) is 0. The molecule has 0 spiro atoms. The third-order valence-electron chi connectivity index (χ3n) is 4.43. The van der Waals surface area contributed by atoms with Gasteiger partial charge < -0.3 is 4.90 Å². The second-order valence-corrected chi connectivity index (χ2v) is 7.77. The summed E-state index contributed by atoms with van der Waals surface area (Å²) in [4.78, 5) is 16.1. The van der Waals surface area contributed by atoms with Gasteiger partial charge in [-0.15, -0.1) is 11.3 Å². The zero-order valence-corrected chi connectivity index (χ0v) is 14.2. The minimum atomic E-state index is -0.0760. The lowest BCUT2D eigenvalue weighted by atomic mass is 9.92. The normalized spacial score (nSPS) is 20.8. The highest BCUT2D eigenvalue weighted by molar-refractivity contribution is 7.10. The van der Waals surface area contributed by atoms with Gasteiger partial charge in [-0.2, -0.15) is 0 Å². The zero-order chi connectivity index (χ0) is 15.3. The predicted octanol–water partition coefficient (Wildman–Crippen LogP) is 4.94. The molecule has 1 aliphatic heterocycles. The summed E-state index contributed by atoms with van der Waals surface area (Å²) >= 11 is 14.2. The molecule has 1 amide bonds. The first kappa shape index (κ1) is 14.6. The molecule has 1 aromatic carbocycles. The highest BCUT2D eigenvalue weighted by Gasteiger charge is 2.40. The molecule has 4 rings (SSSR count). The molecule has 2 nitrogen and oxygen atoms in total. The van der Waals surface area contributed by atoms with Crippen LogP contribution < -0.4 is 0 Å². The van der Waals surface area contributed by atoms with E-state index >= 15 is 0 Å². The van der Waals surface area contributed by atoms with Crippen LogP contribution in [0.3, 0.4) is 0 Å². The van der Waals surface area contributed by atoms with Gasteiger partial charge in [0.05, 0.1) is 6.04 Å². The first-order valence-corrected chi connectivity index (χ1v) is 9.10. The van der Waals surface area contributed by atoms with E-state index in [4.69, 9.17) is 23.2 Å². The van der Waals surface area contributed by atoms with Gasteiger partial charge in [0.25, 0.3) is 0 Å². The number of rotatable bonds is 2. The van der Waals surface area contributed by atoms with Crippen molar-refractivity contribution in [3.63, 3.8) is 0 Å². The van der Waals surface area contributed by atoms with Crippen LogP contribution in [0.15, 0.2) is 29.6 Å². The lowest BCUT2D eigenvalue weighted by molar-refractivity contribution is -0.134. The van der Waals surface area contributed by atoms with Crippen molar-refractivity contribution in [1.29, 1.82) is 0 Å². The fraction of sp³-hybridized carbons (Fsp3) is 0.353. The van der Waals surface area contributed by atoms with Gasteiger partial charge in [0, 0.05) is 27.4 Å². The van der Waals surface area contributed by atoms with Gasteiger partial charge in [-0.25, -0.2) is 0 Å². The summed E-state index contributed by atoms with van der Waals surface area (Å²) in [6, 6.07) is 7.62. The van der Waals surface area contributed by atoms with Crippen LogP contribution in [0.2, 0.25) is 10.0 Å². The molecule has 0 N–H and O–H groups in total. The van der Waals surface area contributed by atoms with E-state index in [1.54, 1.807) is 17.4 Å². The van der Waals surface area contributed by atoms with Crippen LogP contribution in [0.4, 0.5) is 0 Å². The Morgan fingerprint density at radius 1 is 1.18 bits per heavy atom. The van der Waals surface area contributed by atoms with E-state index in [1.807, 2.05) is 17.0 Å². The van der Waals surface area contributed by atoms with E-state index in [2.05, 4.69) is 11.4 Å². The fourth-order valence-electron chi connectivity index (χ4n) is 3.18. The summed E-state index contributed by atoms with van der Waals surface area (Å²) in [5.74, 6) is 0.488. The van der Waals surface area contributed by atoms with Crippen LogP contribution in [0.5, 0.6) is 0 Å². The van der Waals surface area contributed by atoms with Crippen LogP contribution in [-0.2, 0) is 11.2 Å². The molecule has 5 heteroatoms. The first-order valence-electron chi connectivity index (χ1n) is 7.47. The van der Waals surface area contributed by atoms with E-state index in [-0.39, 0.29) is 17.9 Å². The number of carbonyl (C=O) groups excluding carboxylic acids is 1. The quantitative estimate of drug-likeness (QED) is 0.750. The molecule has 114 valence electrons. The number of amides is 1. The maximum Gasteiger partial charge on any atom is 0.226 e. The lowest BCUT2D eigenvalue weighted by Crippen LogP contribution is -2.41. The number of thiophene rings is 1. The largest absolute Gasteiger partial charge is 0.331 e. The average Bonchev–Trinajstić information content (AvgIpc) is 3.23. The van der Waals surface area contributed by atoms with Crippen LogP contribution >= 0.6 is 34.5 Å². The van der Waals surface area contributed by atoms with E-state index in [9.17, 15) is 4.79 Å². The van der Waals surface area contributed by atoms with Gasteiger partial charge >= 0.3 is 0 Å². The summed E-state index contributed by atoms with van der Waals surface area (Å²) in [6.45, 7) is 0.770. The van der Waals surface area contributed by atoms with Gasteiger partial charge in [-0.3, -0.25) is 4.79 Å². The fourth-order valence-corrected chi connectivity index (χ4v) is 4.59. The number of halogens is 2. The molecule has 0 saturated heterocycles. The molecule has 1 aromatic heterocycles. The monoisotopic (exact) mass is 351 g/mol. The molecule has 1 atom stereocenters. The Hall–Kier alpha value is -1.03. The van der Waals surface area contributed by atoms with E-state index in [0.717, 1.165) is 31.4 Å². The Bertz CT molecular complexity index is 738. The molecule has 1 aliphatic carbocycles. The first-order chi connectivity index (χ1) is 10.6. The molecule has 0 bridgehead atoms. The number of benzene rings is 1. The summed E-state index contributed by atoms with van der Waals surface area (Å²) in [7, 11) is 0. The number of nitrogens with zero attached hydrogens (tertiary/aromatic N) is 1. The number of hydrogen-bond acceptors (Lipinski definition) is 2. The SMILES string of the molecule is O=C(C1CC1)N1CCc2sccc2[C@H]1c1ccc(Cl)cc1Cl. The number of carbonyl (C=O) groups is 1. The van der Waals surface area contributed by atoms with Crippen molar-refractivity contribution < 1.29 is 4.79 Å². The summed E-state index contributed by atoms with van der Waals surface area (Å²) in [6.07, 6.45) is 2.98. The Morgan fingerprint density at radius 2 is 2.00 bits per heavy atom. The van der Waals surface area contributed by atoms with Crippen LogP contribution in [-0.4, -0.2) is 17.4 Å². The van der Waals surface area contributed by atoms with Gasteiger partial charge in [0.15, 0.2) is 0 Å². The minimum absolute atomic E-state index is 0.0760. The Morgan fingerprint density at radius 3 is 2.73 bits per heavy atom. The van der Waals surface area contributed by atoms with Gasteiger partial charge in [-0.05, 0) is 54.0 Å². The molecule has 0 unspecified atom stereocenters. The van der Waals surface area contributed by atoms with Crippen LogP contribution in [0.25, 0.3) is 0 Å². The summed E-state index contributed by atoms with van der Waals surface area (Å²) in [5, 5.41) is 3.35. The molecule has 2 aliphatic rings. The van der Waals surface area contributed by atoms with E-state index in [1.165, 1.54) is 10.4 Å². The molecule has 1 saturated carbocycles. The van der Waals surface area contributed by atoms with Crippen LogP contribution in [0.1, 0.15) is 34.9 Å². The highest BCUT2D eigenvalue weighted by Crippen LogP contribution is 2.43. The second-order valence-electron chi connectivity index (χ2n) is 5.92. The Kier molecular flexibility index (Phi) is 3.67. The maximum atomic E-state index is 12.7. The highest BCUT2D eigenvalue weighted by atomic mass is 35.5. The molecule has 0 radical (unpaired) electrons. The molecule has 2 aromatic rings.